The van der Waals surface area contributed by atoms with Crippen molar-refractivity contribution in [1.82, 2.24) is 5.32 Å². The highest BCUT2D eigenvalue weighted by Gasteiger charge is 2.19. The minimum absolute atomic E-state index is 0.00109. The van der Waals surface area contributed by atoms with E-state index in [1.807, 2.05) is 23.2 Å². The van der Waals surface area contributed by atoms with Gasteiger partial charge in [0.05, 0.1) is 6.54 Å². The summed E-state index contributed by atoms with van der Waals surface area (Å²) in [7, 11) is 0. The van der Waals surface area contributed by atoms with Gasteiger partial charge in [-0.25, -0.2) is 0 Å². The summed E-state index contributed by atoms with van der Waals surface area (Å²) in [6.07, 6.45) is 2.26. The van der Waals surface area contributed by atoms with Gasteiger partial charge in [0.15, 0.2) is 0 Å². The third-order valence-electron chi connectivity index (χ3n) is 2.69. The van der Waals surface area contributed by atoms with Gasteiger partial charge in [0, 0.05) is 17.4 Å². The Hall–Kier alpha value is -0.960. The number of thioether (sulfide) groups is 1. The van der Waals surface area contributed by atoms with Crippen molar-refractivity contribution in [2.75, 3.05) is 18.1 Å². The van der Waals surface area contributed by atoms with E-state index in [0.717, 1.165) is 17.7 Å². The molecule has 0 aromatic carbocycles. The SMILES string of the molecule is NCC#Cc1ccsc1C(=O)NC1CCCSC1. The summed E-state index contributed by atoms with van der Waals surface area (Å²) in [6, 6.07) is 2.17. The normalized spacial score (nSPS) is 18.8. The number of hydrogen-bond donors (Lipinski definition) is 2. The van der Waals surface area contributed by atoms with E-state index in [4.69, 9.17) is 5.73 Å². The lowest BCUT2D eigenvalue weighted by molar-refractivity contribution is 0.0942. The van der Waals surface area contributed by atoms with Gasteiger partial charge in [0.25, 0.3) is 5.91 Å². The van der Waals surface area contributed by atoms with Gasteiger partial charge in [0.1, 0.15) is 4.88 Å². The zero-order chi connectivity index (χ0) is 12.8. The van der Waals surface area contributed by atoms with E-state index < -0.39 is 0 Å². The lowest BCUT2D eigenvalue weighted by atomic mass is 10.1. The van der Waals surface area contributed by atoms with Gasteiger partial charge in [-0.1, -0.05) is 11.8 Å². The second-order valence-corrected chi connectivity index (χ2v) is 6.12. The molecular weight excluding hydrogens is 264 g/mol. The monoisotopic (exact) mass is 280 g/mol. The maximum Gasteiger partial charge on any atom is 0.262 e. The Morgan fingerprint density at radius 1 is 1.61 bits per heavy atom. The van der Waals surface area contributed by atoms with E-state index >= 15 is 0 Å². The maximum atomic E-state index is 12.1. The van der Waals surface area contributed by atoms with Crippen LogP contribution in [0.5, 0.6) is 0 Å². The smallest absolute Gasteiger partial charge is 0.262 e. The molecule has 0 radical (unpaired) electrons. The number of nitrogens with one attached hydrogen (secondary N) is 1. The minimum atomic E-state index is -0.00109. The molecule has 1 amide bonds. The Bertz CT molecular complexity index is 467. The molecule has 2 rings (SSSR count). The zero-order valence-corrected chi connectivity index (χ0v) is 11.7. The standard InChI is InChI=1S/C13H16N2OS2/c14-6-1-3-10-5-8-18-12(10)13(16)15-11-4-2-7-17-9-11/h5,8,11H,2,4,6-7,9,14H2,(H,15,16). The third kappa shape index (κ3) is 3.52. The van der Waals surface area contributed by atoms with E-state index in [0.29, 0.717) is 17.5 Å². The van der Waals surface area contributed by atoms with Crippen LogP contribution >= 0.6 is 23.1 Å². The van der Waals surface area contributed by atoms with E-state index in [9.17, 15) is 4.79 Å². The van der Waals surface area contributed by atoms with Crippen LogP contribution in [0.4, 0.5) is 0 Å². The fourth-order valence-corrected chi connectivity index (χ4v) is 3.66. The molecule has 18 heavy (non-hydrogen) atoms. The van der Waals surface area contributed by atoms with Crippen molar-refractivity contribution in [2.24, 2.45) is 5.73 Å². The Kier molecular flexibility index (Phi) is 5.12. The topological polar surface area (TPSA) is 55.1 Å². The van der Waals surface area contributed by atoms with E-state index in [1.165, 1.54) is 23.5 Å². The molecule has 1 aliphatic heterocycles. The number of carbonyl (C=O) groups is 1. The third-order valence-corrected chi connectivity index (χ3v) is 4.82. The predicted octanol–water partition coefficient (Wildman–Crippen LogP) is 1.68. The van der Waals surface area contributed by atoms with E-state index in [1.54, 1.807) is 0 Å². The first-order valence-electron chi connectivity index (χ1n) is 5.96. The van der Waals surface area contributed by atoms with Crippen LogP contribution in [-0.2, 0) is 0 Å². The predicted molar refractivity (Wildman–Crippen MR) is 78.1 cm³/mol. The van der Waals surface area contributed by atoms with Gasteiger partial charge in [-0.15, -0.1) is 11.3 Å². The average molecular weight is 280 g/mol. The van der Waals surface area contributed by atoms with Crippen molar-refractivity contribution in [2.45, 2.75) is 18.9 Å². The number of amides is 1. The highest BCUT2D eigenvalue weighted by atomic mass is 32.2. The molecule has 1 aromatic rings. The van der Waals surface area contributed by atoms with Crippen molar-refractivity contribution in [3.63, 3.8) is 0 Å². The molecule has 3 nitrogen and oxygen atoms in total. The maximum absolute atomic E-state index is 12.1. The molecule has 1 aliphatic rings. The molecule has 1 unspecified atom stereocenters. The van der Waals surface area contributed by atoms with Crippen molar-refractivity contribution >= 4 is 29.0 Å². The zero-order valence-electron chi connectivity index (χ0n) is 10.1. The van der Waals surface area contributed by atoms with Crippen LogP contribution in [0.3, 0.4) is 0 Å². The number of thiophene rings is 1. The molecule has 1 saturated heterocycles. The quantitative estimate of drug-likeness (QED) is 0.811. The minimum Gasteiger partial charge on any atom is -0.348 e. The summed E-state index contributed by atoms with van der Waals surface area (Å²) >= 11 is 3.34. The van der Waals surface area contributed by atoms with Gasteiger partial charge < -0.3 is 11.1 Å². The second-order valence-electron chi connectivity index (χ2n) is 4.06. The van der Waals surface area contributed by atoms with Gasteiger partial charge in [-0.3, -0.25) is 4.79 Å². The van der Waals surface area contributed by atoms with E-state index in [2.05, 4.69) is 17.2 Å². The first kappa shape index (κ1) is 13.5. The largest absolute Gasteiger partial charge is 0.348 e. The van der Waals surface area contributed by atoms with Crippen LogP contribution in [0, 0.1) is 11.8 Å². The molecule has 0 saturated carbocycles. The van der Waals surface area contributed by atoms with Gasteiger partial charge in [0.2, 0.25) is 0 Å². The average Bonchev–Trinajstić information content (AvgIpc) is 2.86. The number of carbonyl (C=O) groups excluding carboxylic acids is 1. The van der Waals surface area contributed by atoms with Crippen molar-refractivity contribution in [3.05, 3.63) is 21.9 Å². The fraction of sp³-hybridized carbons (Fsp3) is 0.462. The molecule has 1 atom stereocenters. The number of hydrogen-bond acceptors (Lipinski definition) is 4. The molecule has 1 fully saturated rings. The van der Waals surface area contributed by atoms with Crippen molar-refractivity contribution in [3.8, 4) is 11.8 Å². The molecular formula is C13H16N2OS2. The Morgan fingerprint density at radius 3 is 3.22 bits per heavy atom. The lowest BCUT2D eigenvalue weighted by Crippen LogP contribution is -2.38. The van der Waals surface area contributed by atoms with Crippen molar-refractivity contribution in [1.29, 1.82) is 0 Å². The molecule has 1 aromatic heterocycles. The second kappa shape index (κ2) is 6.83. The molecule has 5 heteroatoms. The molecule has 2 heterocycles. The first-order valence-corrected chi connectivity index (χ1v) is 7.99. The molecule has 96 valence electrons. The van der Waals surface area contributed by atoms with Crippen LogP contribution in [0.1, 0.15) is 28.1 Å². The Balaban J connectivity index is 2.02. The highest BCUT2D eigenvalue weighted by molar-refractivity contribution is 7.99. The molecule has 3 N–H and O–H groups in total. The summed E-state index contributed by atoms with van der Waals surface area (Å²) in [5, 5.41) is 4.98. The molecule has 0 aliphatic carbocycles. The van der Waals surface area contributed by atoms with Crippen LogP contribution in [0.25, 0.3) is 0 Å². The Labute approximate surface area is 116 Å². The molecule has 0 bridgehead atoms. The van der Waals surface area contributed by atoms with Gasteiger partial charge in [-0.2, -0.15) is 11.8 Å². The number of rotatable bonds is 2. The summed E-state index contributed by atoms with van der Waals surface area (Å²) < 4.78 is 0. The van der Waals surface area contributed by atoms with Crippen LogP contribution in [0.15, 0.2) is 11.4 Å². The van der Waals surface area contributed by atoms with Crippen LogP contribution < -0.4 is 11.1 Å². The number of nitrogens with two attached hydrogens (primary N) is 1. The summed E-state index contributed by atoms with van der Waals surface area (Å²) in [5.41, 5.74) is 6.13. The highest BCUT2D eigenvalue weighted by Crippen LogP contribution is 2.19. The van der Waals surface area contributed by atoms with Gasteiger partial charge in [-0.05, 0) is 30.0 Å². The molecule has 0 spiro atoms. The summed E-state index contributed by atoms with van der Waals surface area (Å²) in [5.74, 6) is 7.95. The van der Waals surface area contributed by atoms with Gasteiger partial charge >= 0.3 is 0 Å². The first-order chi connectivity index (χ1) is 8.81. The summed E-state index contributed by atoms with van der Waals surface area (Å²) in [6.45, 7) is 0.316. The van der Waals surface area contributed by atoms with E-state index in [-0.39, 0.29) is 5.91 Å². The summed E-state index contributed by atoms with van der Waals surface area (Å²) in [4.78, 5) is 12.8. The van der Waals surface area contributed by atoms with Crippen LogP contribution in [-0.4, -0.2) is 30.0 Å². The fourth-order valence-electron chi connectivity index (χ4n) is 1.84. The van der Waals surface area contributed by atoms with Crippen molar-refractivity contribution < 1.29 is 4.79 Å². The Morgan fingerprint density at radius 2 is 2.50 bits per heavy atom. The lowest BCUT2D eigenvalue weighted by Gasteiger charge is -2.22. The van der Waals surface area contributed by atoms with Crippen LogP contribution in [0.2, 0.25) is 0 Å².